The smallest absolute Gasteiger partial charge is 0.326 e. The fourth-order valence-corrected chi connectivity index (χ4v) is 3.73. The molecule has 0 radical (unpaired) electrons. The Labute approximate surface area is 122 Å². The number of nitrogens with one attached hydrogen (secondary N) is 1. The van der Waals surface area contributed by atoms with Crippen LogP contribution in [0, 0.1) is 0 Å². The number of likely N-dealkylation sites (tertiary alicyclic amines) is 1. The maximum absolute atomic E-state index is 12.2. The zero-order chi connectivity index (χ0) is 14.8. The molecule has 0 bridgehead atoms. The van der Waals surface area contributed by atoms with E-state index < -0.39 is 5.54 Å². The fraction of sp³-hybridized carbons (Fsp3) is 0.933. The highest BCUT2D eigenvalue weighted by Gasteiger charge is 2.48. The maximum Gasteiger partial charge on any atom is 0.326 e. The summed E-state index contributed by atoms with van der Waals surface area (Å²) in [7, 11) is 3.26. The Morgan fingerprint density at radius 2 is 2.10 bits per heavy atom. The number of rotatable bonds is 5. The van der Waals surface area contributed by atoms with Gasteiger partial charge in [0.25, 0.3) is 0 Å². The average Bonchev–Trinajstić information content (AvgIpc) is 3.04. The highest BCUT2D eigenvalue weighted by atomic mass is 16.5. The van der Waals surface area contributed by atoms with Gasteiger partial charge in [0.05, 0.1) is 13.2 Å². The van der Waals surface area contributed by atoms with Crippen molar-refractivity contribution in [3.05, 3.63) is 0 Å². The quantitative estimate of drug-likeness (QED) is 0.768. The first-order chi connectivity index (χ1) is 9.50. The maximum atomic E-state index is 12.2. The Balaban J connectivity index is 2.02. The van der Waals surface area contributed by atoms with Gasteiger partial charge in [0.1, 0.15) is 5.54 Å². The van der Waals surface area contributed by atoms with Gasteiger partial charge in [0.2, 0.25) is 0 Å². The summed E-state index contributed by atoms with van der Waals surface area (Å²) in [4.78, 5) is 14.7. The summed E-state index contributed by atoms with van der Waals surface area (Å²) in [6, 6.07) is 0.735. The van der Waals surface area contributed by atoms with Crippen LogP contribution in [0.1, 0.15) is 39.5 Å². The molecule has 0 aromatic rings. The van der Waals surface area contributed by atoms with E-state index in [1.54, 1.807) is 7.11 Å². The molecule has 2 rings (SSSR count). The van der Waals surface area contributed by atoms with E-state index in [9.17, 15) is 4.79 Å². The Kier molecular flexibility index (Phi) is 5.04. The lowest BCUT2D eigenvalue weighted by molar-refractivity contribution is -0.149. The molecule has 20 heavy (non-hydrogen) atoms. The van der Waals surface area contributed by atoms with Crippen molar-refractivity contribution in [1.29, 1.82) is 0 Å². The summed E-state index contributed by atoms with van der Waals surface area (Å²) in [6.07, 6.45) is 4.19. The minimum atomic E-state index is -0.501. The lowest BCUT2D eigenvalue weighted by atomic mass is 9.96. The third-order valence-electron chi connectivity index (χ3n) is 4.66. The average molecular weight is 284 g/mol. The first-order valence-electron chi connectivity index (χ1n) is 7.63. The number of esters is 1. The number of carbonyl (C=O) groups excluding carboxylic acids is 1. The molecule has 1 aliphatic heterocycles. The lowest BCUT2D eigenvalue weighted by Gasteiger charge is -2.31. The van der Waals surface area contributed by atoms with Crippen LogP contribution in [0.2, 0.25) is 0 Å². The van der Waals surface area contributed by atoms with E-state index in [0.717, 1.165) is 38.8 Å². The molecule has 1 saturated carbocycles. The van der Waals surface area contributed by atoms with Gasteiger partial charge < -0.3 is 9.47 Å². The van der Waals surface area contributed by atoms with Crippen molar-refractivity contribution in [2.75, 3.05) is 27.3 Å². The van der Waals surface area contributed by atoms with Crippen LogP contribution in [0.25, 0.3) is 0 Å². The molecule has 5 heteroatoms. The molecule has 116 valence electrons. The van der Waals surface area contributed by atoms with Crippen molar-refractivity contribution in [2.24, 2.45) is 0 Å². The summed E-state index contributed by atoms with van der Waals surface area (Å²) in [5.74, 6) is -0.115. The molecule has 0 aromatic heterocycles. The molecule has 1 N–H and O–H groups in total. The molecule has 1 saturated heterocycles. The summed E-state index contributed by atoms with van der Waals surface area (Å²) < 4.78 is 10.5. The van der Waals surface area contributed by atoms with Crippen molar-refractivity contribution in [2.45, 2.75) is 63.3 Å². The van der Waals surface area contributed by atoms with E-state index in [2.05, 4.69) is 24.1 Å². The largest absolute Gasteiger partial charge is 0.468 e. The van der Waals surface area contributed by atoms with E-state index in [4.69, 9.17) is 9.47 Å². The molecule has 3 atom stereocenters. The highest BCUT2D eigenvalue weighted by molar-refractivity contribution is 5.81. The van der Waals surface area contributed by atoms with E-state index in [1.165, 1.54) is 7.11 Å². The molecular formula is C15H28N2O3. The number of methoxy groups -OCH3 is 2. The predicted octanol–water partition coefficient (Wildman–Crippen LogP) is 1.17. The Bertz CT molecular complexity index is 348. The second-order valence-corrected chi connectivity index (χ2v) is 6.41. The van der Waals surface area contributed by atoms with Gasteiger partial charge in [-0.3, -0.25) is 15.0 Å². The number of ether oxygens (including phenoxy) is 2. The Hall–Kier alpha value is -0.650. The molecule has 5 nitrogen and oxygen atoms in total. The van der Waals surface area contributed by atoms with Gasteiger partial charge in [-0.1, -0.05) is 0 Å². The minimum Gasteiger partial charge on any atom is -0.468 e. The van der Waals surface area contributed by atoms with Crippen LogP contribution < -0.4 is 5.32 Å². The molecule has 1 aliphatic carbocycles. The van der Waals surface area contributed by atoms with E-state index in [0.29, 0.717) is 12.1 Å². The zero-order valence-electron chi connectivity index (χ0n) is 13.1. The highest BCUT2D eigenvalue weighted by Crippen LogP contribution is 2.36. The van der Waals surface area contributed by atoms with Crippen LogP contribution >= 0.6 is 0 Å². The van der Waals surface area contributed by atoms with Gasteiger partial charge in [-0.15, -0.1) is 0 Å². The zero-order valence-corrected chi connectivity index (χ0v) is 13.1. The van der Waals surface area contributed by atoms with Crippen molar-refractivity contribution in [1.82, 2.24) is 10.2 Å². The van der Waals surface area contributed by atoms with Crippen molar-refractivity contribution in [3.63, 3.8) is 0 Å². The normalized spacial score (nSPS) is 34.9. The van der Waals surface area contributed by atoms with E-state index in [-0.39, 0.29) is 12.0 Å². The molecule has 0 amide bonds. The van der Waals surface area contributed by atoms with Crippen LogP contribution in [0.5, 0.6) is 0 Å². The third kappa shape index (κ3) is 3.15. The van der Waals surface area contributed by atoms with Crippen LogP contribution in [0.3, 0.4) is 0 Å². The van der Waals surface area contributed by atoms with Crippen molar-refractivity contribution < 1.29 is 14.3 Å². The summed E-state index contributed by atoms with van der Waals surface area (Å²) >= 11 is 0. The second kappa shape index (κ2) is 6.41. The fourth-order valence-electron chi connectivity index (χ4n) is 3.73. The topological polar surface area (TPSA) is 50.8 Å². The van der Waals surface area contributed by atoms with Gasteiger partial charge in [0.15, 0.2) is 0 Å². The summed E-state index contributed by atoms with van der Waals surface area (Å²) in [5.41, 5.74) is -0.501. The third-order valence-corrected chi connectivity index (χ3v) is 4.66. The molecule has 0 aromatic carbocycles. The van der Waals surface area contributed by atoms with Gasteiger partial charge in [-0.2, -0.15) is 0 Å². The van der Waals surface area contributed by atoms with Crippen LogP contribution in [-0.4, -0.2) is 61.9 Å². The standard InChI is InChI=1S/C15H28N2O3/c1-11(2)16-15(14(18)20-4)7-5-12(9-15)17-8-6-13(10-17)19-3/h11-13,16H,5-10H2,1-4H3. The lowest BCUT2D eigenvalue weighted by Crippen LogP contribution is -2.54. The van der Waals surface area contributed by atoms with Gasteiger partial charge in [0, 0.05) is 32.3 Å². The molecule has 3 unspecified atom stereocenters. The Morgan fingerprint density at radius 3 is 2.65 bits per heavy atom. The summed E-state index contributed by atoms with van der Waals surface area (Å²) in [5, 5.41) is 3.45. The van der Waals surface area contributed by atoms with Crippen molar-refractivity contribution >= 4 is 5.97 Å². The second-order valence-electron chi connectivity index (χ2n) is 6.41. The monoisotopic (exact) mass is 284 g/mol. The van der Waals surface area contributed by atoms with Crippen LogP contribution in [0.15, 0.2) is 0 Å². The number of hydrogen-bond donors (Lipinski definition) is 1. The number of hydrogen-bond acceptors (Lipinski definition) is 5. The Morgan fingerprint density at radius 1 is 1.35 bits per heavy atom. The summed E-state index contributed by atoms with van der Waals surface area (Å²) in [6.45, 7) is 6.21. The van der Waals surface area contributed by atoms with Gasteiger partial charge in [-0.05, 0) is 39.5 Å². The van der Waals surface area contributed by atoms with Crippen molar-refractivity contribution in [3.8, 4) is 0 Å². The molecule has 2 fully saturated rings. The molecular weight excluding hydrogens is 256 g/mol. The predicted molar refractivity (Wildman–Crippen MR) is 77.6 cm³/mol. The van der Waals surface area contributed by atoms with Crippen LogP contribution in [0.4, 0.5) is 0 Å². The molecule has 0 spiro atoms. The van der Waals surface area contributed by atoms with Gasteiger partial charge >= 0.3 is 5.97 Å². The first-order valence-corrected chi connectivity index (χ1v) is 7.63. The van der Waals surface area contributed by atoms with E-state index >= 15 is 0 Å². The van der Waals surface area contributed by atoms with E-state index in [1.807, 2.05) is 0 Å². The molecule has 1 heterocycles. The number of carbonyl (C=O) groups is 1. The van der Waals surface area contributed by atoms with Crippen LogP contribution in [-0.2, 0) is 14.3 Å². The SMILES string of the molecule is COC(=O)C1(NC(C)C)CCC(N2CCC(OC)C2)C1. The van der Waals surface area contributed by atoms with Gasteiger partial charge in [-0.25, -0.2) is 0 Å². The minimum absolute atomic E-state index is 0.115. The first kappa shape index (κ1) is 15.7. The molecule has 2 aliphatic rings. The number of nitrogens with zero attached hydrogens (tertiary/aromatic N) is 1.